The monoisotopic (exact) mass is 226 g/mol. The number of hydrogen-bond acceptors (Lipinski definition) is 1. The van der Waals surface area contributed by atoms with Crippen LogP contribution in [0.1, 0.15) is 11.1 Å². The van der Waals surface area contributed by atoms with Crippen LogP contribution in [0.4, 0.5) is 4.39 Å². The van der Waals surface area contributed by atoms with E-state index in [-0.39, 0.29) is 5.13 Å². The maximum atomic E-state index is 13.1. The summed E-state index contributed by atoms with van der Waals surface area (Å²) in [6.45, 7) is 0. The Morgan fingerprint density at radius 2 is 1.86 bits per heavy atom. The summed E-state index contributed by atoms with van der Waals surface area (Å²) in [4.78, 5) is 0. The van der Waals surface area contributed by atoms with Crippen LogP contribution in [0.25, 0.3) is 0 Å². The van der Waals surface area contributed by atoms with Gasteiger partial charge in [-0.1, -0.05) is 23.7 Å². The zero-order valence-electron chi connectivity index (χ0n) is 7.34. The quantitative estimate of drug-likeness (QED) is 0.722. The van der Waals surface area contributed by atoms with Crippen molar-refractivity contribution in [1.29, 1.82) is 0 Å². The van der Waals surface area contributed by atoms with Crippen LogP contribution >= 0.6 is 22.9 Å². The molecule has 14 heavy (non-hydrogen) atoms. The molecular formula is C11H8ClFS. The normalized spacial score (nSPS) is 10.4. The van der Waals surface area contributed by atoms with E-state index in [2.05, 4.69) is 0 Å². The second kappa shape index (κ2) is 4.11. The molecule has 2 aromatic rings. The average Bonchev–Trinajstić information content (AvgIpc) is 2.56. The van der Waals surface area contributed by atoms with E-state index < -0.39 is 0 Å². The van der Waals surface area contributed by atoms with E-state index in [9.17, 15) is 4.39 Å². The van der Waals surface area contributed by atoms with Crippen molar-refractivity contribution in [3.63, 3.8) is 0 Å². The highest BCUT2D eigenvalue weighted by atomic mass is 35.5. The molecule has 0 saturated carbocycles. The van der Waals surface area contributed by atoms with Gasteiger partial charge in [-0.2, -0.15) is 4.39 Å². The lowest BCUT2D eigenvalue weighted by Gasteiger charge is -1.99. The van der Waals surface area contributed by atoms with Crippen molar-refractivity contribution in [2.75, 3.05) is 0 Å². The van der Waals surface area contributed by atoms with Crippen LogP contribution in [-0.2, 0) is 6.42 Å². The van der Waals surface area contributed by atoms with Gasteiger partial charge in [0.1, 0.15) is 0 Å². The molecule has 0 N–H and O–H groups in total. The van der Waals surface area contributed by atoms with E-state index in [0.29, 0.717) is 11.4 Å². The fourth-order valence-corrected chi connectivity index (χ4v) is 2.04. The molecule has 72 valence electrons. The highest BCUT2D eigenvalue weighted by Crippen LogP contribution is 2.19. The fraction of sp³-hybridized carbons (Fsp3) is 0.0909. The molecule has 0 atom stereocenters. The first-order valence-electron chi connectivity index (χ1n) is 4.22. The lowest BCUT2D eigenvalue weighted by Crippen LogP contribution is -1.87. The smallest absolute Gasteiger partial charge is 0.179 e. The molecule has 0 nitrogen and oxygen atoms in total. The molecule has 0 bridgehead atoms. The molecule has 0 amide bonds. The van der Waals surface area contributed by atoms with Gasteiger partial charge in [0.2, 0.25) is 0 Å². The highest BCUT2D eigenvalue weighted by molar-refractivity contribution is 7.08. The third-order valence-electron chi connectivity index (χ3n) is 2.00. The average molecular weight is 227 g/mol. The van der Waals surface area contributed by atoms with Gasteiger partial charge >= 0.3 is 0 Å². The fourth-order valence-electron chi connectivity index (χ4n) is 1.27. The van der Waals surface area contributed by atoms with Crippen molar-refractivity contribution >= 4 is 22.9 Å². The summed E-state index contributed by atoms with van der Waals surface area (Å²) in [5.74, 6) is 0. The van der Waals surface area contributed by atoms with Crippen molar-refractivity contribution in [3.05, 3.63) is 57.0 Å². The third kappa shape index (κ3) is 2.14. The van der Waals surface area contributed by atoms with Crippen LogP contribution in [0.5, 0.6) is 0 Å². The first kappa shape index (κ1) is 9.69. The lowest BCUT2D eigenvalue weighted by molar-refractivity contribution is 0.644. The van der Waals surface area contributed by atoms with Gasteiger partial charge in [-0.3, -0.25) is 0 Å². The van der Waals surface area contributed by atoms with Crippen LogP contribution in [0, 0.1) is 5.13 Å². The maximum Gasteiger partial charge on any atom is 0.179 e. The van der Waals surface area contributed by atoms with E-state index in [1.165, 1.54) is 0 Å². The Labute approximate surface area is 91.0 Å². The van der Waals surface area contributed by atoms with Crippen LogP contribution in [0.3, 0.4) is 0 Å². The molecule has 2 rings (SSSR count). The Morgan fingerprint density at radius 1 is 1.14 bits per heavy atom. The van der Waals surface area contributed by atoms with Crippen molar-refractivity contribution in [3.8, 4) is 0 Å². The molecule has 1 aromatic carbocycles. The first-order chi connectivity index (χ1) is 6.75. The summed E-state index contributed by atoms with van der Waals surface area (Å²) in [6, 6.07) is 9.29. The Hall–Kier alpha value is -0.860. The molecule has 0 aliphatic rings. The second-order valence-electron chi connectivity index (χ2n) is 3.02. The van der Waals surface area contributed by atoms with Crippen molar-refractivity contribution in [2.45, 2.75) is 6.42 Å². The summed E-state index contributed by atoms with van der Waals surface area (Å²) in [5.41, 5.74) is 1.82. The molecule has 0 spiro atoms. The molecule has 1 aromatic heterocycles. The van der Waals surface area contributed by atoms with Crippen LogP contribution in [-0.4, -0.2) is 0 Å². The molecule has 0 aliphatic heterocycles. The number of benzene rings is 1. The summed E-state index contributed by atoms with van der Waals surface area (Å²) in [7, 11) is 0. The Bertz CT molecular complexity index is 419. The Morgan fingerprint density at radius 3 is 2.43 bits per heavy atom. The minimum atomic E-state index is -0.0973. The van der Waals surface area contributed by atoms with Gasteiger partial charge < -0.3 is 0 Å². The molecular weight excluding hydrogens is 219 g/mol. The van der Waals surface area contributed by atoms with Gasteiger partial charge in [0.25, 0.3) is 0 Å². The van der Waals surface area contributed by atoms with E-state index in [1.54, 1.807) is 5.38 Å². The van der Waals surface area contributed by atoms with Crippen LogP contribution in [0.15, 0.2) is 35.7 Å². The van der Waals surface area contributed by atoms with Gasteiger partial charge in [0.15, 0.2) is 5.13 Å². The third-order valence-corrected chi connectivity index (χ3v) is 2.99. The summed E-state index contributed by atoms with van der Waals surface area (Å²) in [6.07, 6.45) is 0.631. The lowest BCUT2D eigenvalue weighted by atomic mass is 10.1. The zero-order chi connectivity index (χ0) is 9.97. The van der Waals surface area contributed by atoms with Crippen molar-refractivity contribution in [2.24, 2.45) is 0 Å². The van der Waals surface area contributed by atoms with Gasteiger partial charge in [0.05, 0.1) is 0 Å². The van der Waals surface area contributed by atoms with Gasteiger partial charge in [-0.15, -0.1) is 11.3 Å². The molecule has 0 fully saturated rings. The van der Waals surface area contributed by atoms with Gasteiger partial charge in [-0.25, -0.2) is 0 Å². The summed E-state index contributed by atoms with van der Waals surface area (Å²) >= 11 is 6.89. The topological polar surface area (TPSA) is 0 Å². The number of thiophene rings is 1. The van der Waals surface area contributed by atoms with Gasteiger partial charge in [0, 0.05) is 17.0 Å². The first-order valence-corrected chi connectivity index (χ1v) is 5.48. The summed E-state index contributed by atoms with van der Waals surface area (Å²) < 4.78 is 13.1. The highest BCUT2D eigenvalue weighted by Gasteiger charge is 2.03. The number of halogens is 2. The second-order valence-corrected chi connectivity index (χ2v) is 4.33. The Balaban J connectivity index is 2.19. The minimum Gasteiger partial charge on any atom is -0.195 e. The Kier molecular flexibility index (Phi) is 2.85. The van der Waals surface area contributed by atoms with Gasteiger partial charge in [-0.05, 0) is 29.1 Å². The number of hydrogen-bond donors (Lipinski definition) is 0. The molecule has 3 heteroatoms. The van der Waals surface area contributed by atoms with E-state index in [1.807, 2.05) is 30.3 Å². The predicted molar refractivity (Wildman–Crippen MR) is 58.5 cm³/mol. The molecule has 0 radical (unpaired) electrons. The molecule has 0 unspecified atom stereocenters. The molecule has 0 aliphatic carbocycles. The van der Waals surface area contributed by atoms with Crippen LogP contribution < -0.4 is 0 Å². The number of rotatable bonds is 2. The predicted octanol–water partition coefficient (Wildman–Crippen LogP) is 4.13. The van der Waals surface area contributed by atoms with Crippen molar-refractivity contribution < 1.29 is 4.39 Å². The van der Waals surface area contributed by atoms with E-state index in [0.717, 1.165) is 22.5 Å². The van der Waals surface area contributed by atoms with E-state index >= 15 is 0 Å². The zero-order valence-corrected chi connectivity index (χ0v) is 8.91. The minimum absolute atomic E-state index is 0.0973. The van der Waals surface area contributed by atoms with E-state index in [4.69, 9.17) is 11.6 Å². The summed E-state index contributed by atoms with van der Waals surface area (Å²) in [5, 5.41) is 2.38. The maximum absolute atomic E-state index is 13.1. The molecule has 1 heterocycles. The largest absolute Gasteiger partial charge is 0.195 e. The van der Waals surface area contributed by atoms with Crippen LogP contribution in [0.2, 0.25) is 5.02 Å². The SMILES string of the molecule is Fc1sccc1Cc1ccc(Cl)cc1. The standard InChI is InChI=1S/C11H8ClFS/c12-10-3-1-8(2-4-10)7-9-5-6-14-11(9)13/h1-6H,7H2. The molecule has 0 saturated heterocycles. The van der Waals surface area contributed by atoms with Crippen molar-refractivity contribution in [1.82, 2.24) is 0 Å².